The summed E-state index contributed by atoms with van der Waals surface area (Å²) in [6.45, 7) is 8.25. The zero-order chi connectivity index (χ0) is 24.3. The van der Waals surface area contributed by atoms with Crippen molar-refractivity contribution in [2.45, 2.75) is 40.0 Å². The van der Waals surface area contributed by atoms with Gasteiger partial charge in [-0.1, -0.05) is 133 Å². The molecule has 0 N–H and O–H groups in total. The number of nitrogens with zero attached hydrogens (tertiary/aromatic N) is 2. The van der Waals surface area contributed by atoms with Crippen LogP contribution in [-0.4, -0.2) is 18.3 Å². The standard InChI is InChI=1S/C32H36N2Si/c1-28(2)27-35(33(23-29-15-7-3-8-16-29)24-30-17-9-4-10-18-30)34(25-31-19-11-5-12-20-31)26-32-21-13-6-14-22-32/h3-22,27,35H,23-26H2,1-2H3. The Morgan fingerprint density at radius 1 is 0.486 bits per heavy atom. The minimum atomic E-state index is -1.70. The van der Waals surface area contributed by atoms with Gasteiger partial charge in [0.15, 0.2) is 0 Å². The Bertz CT molecular complexity index is 987. The molecule has 3 heteroatoms. The van der Waals surface area contributed by atoms with E-state index in [0.717, 1.165) is 26.2 Å². The Labute approximate surface area is 212 Å². The number of hydrogen-bond donors (Lipinski definition) is 0. The second kappa shape index (κ2) is 13.0. The summed E-state index contributed by atoms with van der Waals surface area (Å²) < 4.78 is 5.48. The van der Waals surface area contributed by atoms with Crippen molar-refractivity contribution in [3.05, 3.63) is 155 Å². The summed E-state index contributed by atoms with van der Waals surface area (Å²) in [4.78, 5) is 0. The average Bonchev–Trinajstić information content (AvgIpc) is 2.89. The van der Waals surface area contributed by atoms with Crippen molar-refractivity contribution in [1.29, 1.82) is 0 Å². The molecule has 0 radical (unpaired) electrons. The van der Waals surface area contributed by atoms with Crippen molar-refractivity contribution in [2.75, 3.05) is 0 Å². The molecule has 4 rings (SSSR count). The third kappa shape index (κ3) is 7.90. The first-order valence-electron chi connectivity index (χ1n) is 12.5. The summed E-state index contributed by atoms with van der Waals surface area (Å²) in [6, 6.07) is 43.7. The predicted octanol–water partition coefficient (Wildman–Crippen LogP) is 7.12. The maximum atomic E-state index is 2.74. The molecule has 0 bridgehead atoms. The molecule has 0 saturated carbocycles. The summed E-state index contributed by atoms with van der Waals surface area (Å²) in [6.07, 6.45) is 0. The third-order valence-electron chi connectivity index (χ3n) is 6.14. The third-order valence-corrected chi connectivity index (χ3v) is 9.34. The van der Waals surface area contributed by atoms with Crippen molar-refractivity contribution < 1.29 is 0 Å². The highest BCUT2D eigenvalue weighted by Gasteiger charge is 2.27. The van der Waals surface area contributed by atoms with E-state index in [1.807, 2.05) is 0 Å². The second-order valence-corrected chi connectivity index (χ2v) is 12.0. The van der Waals surface area contributed by atoms with Crippen LogP contribution < -0.4 is 0 Å². The van der Waals surface area contributed by atoms with Crippen LogP contribution in [0.15, 0.2) is 133 Å². The smallest absolute Gasteiger partial charge is 0.216 e. The zero-order valence-corrected chi connectivity index (χ0v) is 22.1. The highest BCUT2D eigenvalue weighted by atomic mass is 28.3. The molecular formula is C32H36N2Si. The van der Waals surface area contributed by atoms with E-state index in [0.29, 0.717) is 0 Å². The van der Waals surface area contributed by atoms with Crippen LogP contribution in [0, 0.1) is 0 Å². The highest BCUT2D eigenvalue weighted by molar-refractivity contribution is 6.58. The molecule has 4 aromatic rings. The molecule has 0 saturated heterocycles. The van der Waals surface area contributed by atoms with E-state index in [1.165, 1.54) is 27.8 Å². The first-order chi connectivity index (χ1) is 17.2. The minimum absolute atomic E-state index is 0.941. The van der Waals surface area contributed by atoms with Crippen LogP contribution in [0.5, 0.6) is 0 Å². The van der Waals surface area contributed by atoms with Crippen LogP contribution in [0.25, 0.3) is 0 Å². The molecule has 178 valence electrons. The molecule has 35 heavy (non-hydrogen) atoms. The van der Waals surface area contributed by atoms with Crippen molar-refractivity contribution in [3.63, 3.8) is 0 Å². The fourth-order valence-electron chi connectivity index (χ4n) is 4.50. The molecule has 0 unspecified atom stereocenters. The van der Waals surface area contributed by atoms with Crippen molar-refractivity contribution in [1.82, 2.24) is 9.13 Å². The molecule has 0 atom stereocenters. The molecule has 2 nitrogen and oxygen atoms in total. The van der Waals surface area contributed by atoms with Crippen molar-refractivity contribution in [3.8, 4) is 0 Å². The Morgan fingerprint density at radius 3 is 0.971 bits per heavy atom. The molecule has 0 heterocycles. The molecule has 0 aliphatic heterocycles. The van der Waals surface area contributed by atoms with Gasteiger partial charge >= 0.3 is 0 Å². The highest BCUT2D eigenvalue weighted by Crippen LogP contribution is 2.20. The average molecular weight is 477 g/mol. The molecule has 0 amide bonds. The fraction of sp³-hybridized carbons (Fsp3) is 0.188. The normalized spacial score (nSPS) is 11.2. The topological polar surface area (TPSA) is 6.48 Å². The number of rotatable bonds is 11. The number of benzene rings is 4. The van der Waals surface area contributed by atoms with Crippen molar-refractivity contribution in [2.24, 2.45) is 0 Å². The lowest BCUT2D eigenvalue weighted by Crippen LogP contribution is -2.50. The van der Waals surface area contributed by atoms with Gasteiger partial charge in [0.05, 0.1) is 0 Å². The van der Waals surface area contributed by atoms with Gasteiger partial charge in [0.2, 0.25) is 9.12 Å². The molecule has 4 aromatic carbocycles. The van der Waals surface area contributed by atoms with E-state index in [4.69, 9.17) is 0 Å². The zero-order valence-electron chi connectivity index (χ0n) is 20.9. The summed E-state index contributed by atoms with van der Waals surface area (Å²) in [5.41, 5.74) is 9.41. The summed E-state index contributed by atoms with van der Waals surface area (Å²) in [5.74, 6) is 0. The fourth-order valence-corrected chi connectivity index (χ4v) is 7.57. The molecule has 0 spiro atoms. The van der Waals surface area contributed by atoms with E-state index in [2.05, 4.69) is 150 Å². The van der Waals surface area contributed by atoms with Crippen molar-refractivity contribution >= 4 is 9.12 Å². The van der Waals surface area contributed by atoms with Crippen LogP contribution in [0.1, 0.15) is 36.1 Å². The van der Waals surface area contributed by atoms with Crippen LogP contribution in [0.2, 0.25) is 0 Å². The first-order valence-corrected chi connectivity index (χ1v) is 14.2. The van der Waals surface area contributed by atoms with Gasteiger partial charge in [-0.05, 0) is 36.1 Å². The van der Waals surface area contributed by atoms with Gasteiger partial charge in [-0.25, -0.2) is 0 Å². The molecule has 0 fully saturated rings. The lowest BCUT2D eigenvalue weighted by Gasteiger charge is -2.38. The molecule has 0 aromatic heterocycles. The lowest BCUT2D eigenvalue weighted by molar-refractivity contribution is 0.329. The van der Waals surface area contributed by atoms with Gasteiger partial charge < -0.3 is 9.13 Å². The van der Waals surface area contributed by atoms with Gasteiger partial charge in [-0.2, -0.15) is 0 Å². The van der Waals surface area contributed by atoms with Crippen LogP contribution >= 0.6 is 0 Å². The van der Waals surface area contributed by atoms with E-state index >= 15 is 0 Å². The Hall–Kier alpha value is -3.24. The Balaban J connectivity index is 1.73. The minimum Gasteiger partial charge on any atom is -0.303 e. The van der Waals surface area contributed by atoms with Gasteiger partial charge in [0, 0.05) is 26.2 Å². The quantitative estimate of drug-likeness (QED) is 0.213. The summed E-state index contributed by atoms with van der Waals surface area (Å²) in [5, 5.41) is 0. The maximum Gasteiger partial charge on any atom is 0.216 e. The monoisotopic (exact) mass is 476 g/mol. The summed E-state index contributed by atoms with van der Waals surface area (Å²) in [7, 11) is -1.70. The Kier molecular flexibility index (Phi) is 9.24. The number of hydrogen-bond acceptors (Lipinski definition) is 2. The van der Waals surface area contributed by atoms with E-state index in [9.17, 15) is 0 Å². The van der Waals surface area contributed by atoms with E-state index in [-0.39, 0.29) is 0 Å². The number of allylic oxidation sites excluding steroid dienone is 1. The SMILES string of the molecule is CC(C)=C[SiH](N(Cc1ccccc1)Cc1ccccc1)N(Cc1ccccc1)Cc1ccccc1. The van der Waals surface area contributed by atoms with E-state index < -0.39 is 9.12 Å². The lowest BCUT2D eigenvalue weighted by atomic mass is 10.2. The van der Waals surface area contributed by atoms with Gasteiger partial charge in [0.25, 0.3) is 0 Å². The van der Waals surface area contributed by atoms with E-state index in [1.54, 1.807) is 0 Å². The first kappa shape index (κ1) is 24.9. The van der Waals surface area contributed by atoms with Crippen LogP contribution in [0.3, 0.4) is 0 Å². The van der Waals surface area contributed by atoms with Gasteiger partial charge in [0.1, 0.15) is 0 Å². The van der Waals surface area contributed by atoms with Crippen LogP contribution in [0.4, 0.5) is 0 Å². The molecule has 0 aliphatic carbocycles. The largest absolute Gasteiger partial charge is 0.303 e. The predicted molar refractivity (Wildman–Crippen MR) is 151 cm³/mol. The summed E-state index contributed by atoms with van der Waals surface area (Å²) >= 11 is 0. The molecular weight excluding hydrogens is 440 g/mol. The Morgan fingerprint density at radius 2 is 0.743 bits per heavy atom. The van der Waals surface area contributed by atoms with Gasteiger partial charge in [-0.3, -0.25) is 0 Å². The second-order valence-electron chi connectivity index (χ2n) is 9.41. The van der Waals surface area contributed by atoms with Gasteiger partial charge in [-0.15, -0.1) is 0 Å². The van der Waals surface area contributed by atoms with Crippen LogP contribution in [-0.2, 0) is 26.2 Å². The molecule has 0 aliphatic rings. The maximum absolute atomic E-state index is 2.74.